The van der Waals surface area contributed by atoms with E-state index in [2.05, 4.69) is 24.4 Å². The zero-order chi connectivity index (χ0) is 15.8. The summed E-state index contributed by atoms with van der Waals surface area (Å²) in [5.41, 5.74) is 1.20. The summed E-state index contributed by atoms with van der Waals surface area (Å²) >= 11 is 0. The highest BCUT2D eigenvalue weighted by Crippen LogP contribution is 2.17. The second kappa shape index (κ2) is 8.41. The largest absolute Gasteiger partial charge is 0.497 e. The fourth-order valence-electron chi connectivity index (χ4n) is 2.10. The van der Waals surface area contributed by atoms with Crippen LogP contribution in [0.3, 0.4) is 0 Å². The van der Waals surface area contributed by atoms with Crippen molar-refractivity contribution in [1.29, 1.82) is 0 Å². The number of methoxy groups -OCH3 is 1. The van der Waals surface area contributed by atoms with Gasteiger partial charge in [0.05, 0.1) is 7.11 Å². The molecule has 0 spiro atoms. The Morgan fingerprint density at radius 2 is 1.64 bits per heavy atom. The molecule has 0 aliphatic rings. The van der Waals surface area contributed by atoms with Crippen molar-refractivity contribution in [3.63, 3.8) is 0 Å². The first-order valence-corrected chi connectivity index (χ1v) is 7.42. The van der Waals surface area contributed by atoms with Crippen LogP contribution in [0.5, 0.6) is 11.5 Å². The fraction of sp³-hybridized carbons (Fsp3) is 0.333. The van der Waals surface area contributed by atoms with E-state index in [4.69, 9.17) is 9.47 Å². The standard InChI is InChI=1S/C18H23NO3/c1-14(15-6-4-3-5-7-15)19-12-16(20)13-22-18-10-8-17(21-2)9-11-18/h3-11,14,16,19-20H,12-13H2,1-2H3/t14-,16+/m1/s1. The Labute approximate surface area is 131 Å². The van der Waals surface area contributed by atoms with E-state index in [9.17, 15) is 5.11 Å². The number of hydrogen-bond donors (Lipinski definition) is 2. The van der Waals surface area contributed by atoms with Crippen LogP contribution in [0, 0.1) is 0 Å². The lowest BCUT2D eigenvalue weighted by Crippen LogP contribution is -2.33. The normalized spacial score (nSPS) is 13.4. The van der Waals surface area contributed by atoms with Crippen LogP contribution in [0.15, 0.2) is 54.6 Å². The predicted molar refractivity (Wildman–Crippen MR) is 87.4 cm³/mol. The van der Waals surface area contributed by atoms with Crippen LogP contribution in [0.2, 0.25) is 0 Å². The van der Waals surface area contributed by atoms with Gasteiger partial charge in [-0.05, 0) is 36.8 Å². The highest BCUT2D eigenvalue weighted by molar-refractivity contribution is 5.31. The summed E-state index contributed by atoms with van der Waals surface area (Å²) in [6.07, 6.45) is -0.562. The molecular weight excluding hydrogens is 278 g/mol. The van der Waals surface area contributed by atoms with Crippen LogP contribution in [0.25, 0.3) is 0 Å². The Bertz CT molecular complexity index is 542. The van der Waals surface area contributed by atoms with Gasteiger partial charge < -0.3 is 19.9 Å². The Morgan fingerprint density at radius 3 is 2.27 bits per heavy atom. The number of rotatable bonds is 8. The third-order valence-corrected chi connectivity index (χ3v) is 3.46. The van der Waals surface area contributed by atoms with Gasteiger partial charge in [-0.15, -0.1) is 0 Å². The SMILES string of the molecule is COc1ccc(OC[C@@H](O)CN[C@H](C)c2ccccc2)cc1. The van der Waals surface area contributed by atoms with Crippen molar-refractivity contribution in [3.05, 3.63) is 60.2 Å². The van der Waals surface area contributed by atoms with Gasteiger partial charge >= 0.3 is 0 Å². The highest BCUT2D eigenvalue weighted by atomic mass is 16.5. The Morgan fingerprint density at radius 1 is 1.00 bits per heavy atom. The first-order chi connectivity index (χ1) is 10.7. The molecule has 0 amide bonds. The number of aliphatic hydroxyl groups is 1. The molecule has 2 rings (SSSR count). The molecule has 118 valence electrons. The molecule has 2 atom stereocenters. The summed E-state index contributed by atoms with van der Waals surface area (Å²) in [4.78, 5) is 0. The number of benzene rings is 2. The summed E-state index contributed by atoms with van der Waals surface area (Å²) in [7, 11) is 1.62. The lowest BCUT2D eigenvalue weighted by atomic mass is 10.1. The molecule has 4 nitrogen and oxygen atoms in total. The third-order valence-electron chi connectivity index (χ3n) is 3.46. The second-order valence-electron chi connectivity index (χ2n) is 5.18. The number of nitrogens with one attached hydrogen (secondary N) is 1. The van der Waals surface area contributed by atoms with Crippen LogP contribution in [0.4, 0.5) is 0 Å². The summed E-state index contributed by atoms with van der Waals surface area (Å²) in [6.45, 7) is 2.80. The molecule has 0 unspecified atom stereocenters. The van der Waals surface area contributed by atoms with Gasteiger partial charge in [0, 0.05) is 12.6 Å². The van der Waals surface area contributed by atoms with Gasteiger partial charge in [0.15, 0.2) is 0 Å². The van der Waals surface area contributed by atoms with Crippen LogP contribution < -0.4 is 14.8 Å². The van der Waals surface area contributed by atoms with Gasteiger partial charge in [-0.25, -0.2) is 0 Å². The van der Waals surface area contributed by atoms with Gasteiger partial charge in [-0.3, -0.25) is 0 Å². The molecular formula is C18H23NO3. The molecule has 22 heavy (non-hydrogen) atoms. The third kappa shape index (κ3) is 5.06. The number of hydrogen-bond acceptors (Lipinski definition) is 4. The Kier molecular flexibility index (Phi) is 6.25. The molecule has 2 N–H and O–H groups in total. The summed E-state index contributed by atoms with van der Waals surface area (Å²) < 4.78 is 10.6. The van der Waals surface area contributed by atoms with Crippen molar-refractivity contribution < 1.29 is 14.6 Å². The molecule has 2 aromatic rings. The van der Waals surface area contributed by atoms with E-state index in [0.29, 0.717) is 6.54 Å². The van der Waals surface area contributed by atoms with Crippen LogP contribution in [-0.2, 0) is 0 Å². The second-order valence-corrected chi connectivity index (χ2v) is 5.18. The first-order valence-electron chi connectivity index (χ1n) is 7.42. The molecule has 0 aliphatic carbocycles. The van der Waals surface area contributed by atoms with E-state index in [0.717, 1.165) is 11.5 Å². The topological polar surface area (TPSA) is 50.7 Å². The van der Waals surface area contributed by atoms with Crippen LogP contribution in [-0.4, -0.2) is 31.5 Å². The van der Waals surface area contributed by atoms with Crippen molar-refractivity contribution in [2.45, 2.75) is 19.1 Å². The highest BCUT2D eigenvalue weighted by Gasteiger charge is 2.09. The summed E-state index contributed by atoms with van der Waals surface area (Å²) in [5.74, 6) is 1.50. The van der Waals surface area contributed by atoms with Gasteiger partial charge in [-0.2, -0.15) is 0 Å². The molecule has 4 heteroatoms. The minimum atomic E-state index is -0.562. The molecule has 0 radical (unpaired) electrons. The van der Waals surface area contributed by atoms with Gasteiger partial charge in [0.2, 0.25) is 0 Å². The van der Waals surface area contributed by atoms with Gasteiger partial charge in [-0.1, -0.05) is 30.3 Å². The maximum atomic E-state index is 9.99. The van der Waals surface area contributed by atoms with Crippen molar-refractivity contribution in [1.82, 2.24) is 5.32 Å². The summed E-state index contributed by atoms with van der Waals surface area (Å²) in [6, 6.07) is 17.7. The van der Waals surface area contributed by atoms with Gasteiger partial charge in [0.25, 0.3) is 0 Å². The van der Waals surface area contributed by atoms with Crippen molar-refractivity contribution in [2.75, 3.05) is 20.3 Å². The molecule has 2 aromatic carbocycles. The molecule has 0 fully saturated rings. The van der Waals surface area contributed by atoms with E-state index in [-0.39, 0.29) is 12.6 Å². The maximum absolute atomic E-state index is 9.99. The molecule has 0 bridgehead atoms. The monoisotopic (exact) mass is 301 g/mol. The van der Waals surface area contributed by atoms with Crippen molar-refractivity contribution >= 4 is 0 Å². The van der Waals surface area contributed by atoms with Crippen LogP contribution in [0.1, 0.15) is 18.5 Å². The van der Waals surface area contributed by atoms with E-state index in [1.807, 2.05) is 42.5 Å². The zero-order valence-corrected chi connectivity index (χ0v) is 13.0. The zero-order valence-electron chi connectivity index (χ0n) is 13.0. The van der Waals surface area contributed by atoms with E-state index in [1.54, 1.807) is 7.11 Å². The van der Waals surface area contributed by atoms with Crippen molar-refractivity contribution in [2.24, 2.45) is 0 Å². The Hall–Kier alpha value is -2.04. The minimum absolute atomic E-state index is 0.192. The average Bonchev–Trinajstić information content (AvgIpc) is 2.59. The molecule has 0 aliphatic heterocycles. The van der Waals surface area contributed by atoms with E-state index < -0.39 is 6.10 Å². The lowest BCUT2D eigenvalue weighted by Gasteiger charge is -2.18. The molecule has 0 heterocycles. The molecule has 0 aromatic heterocycles. The van der Waals surface area contributed by atoms with E-state index in [1.165, 1.54) is 5.56 Å². The smallest absolute Gasteiger partial charge is 0.119 e. The maximum Gasteiger partial charge on any atom is 0.119 e. The molecule has 0 saturated heterocycles. The minimum Gasteiger partial charge on any atom is -0.497 e. The lowest BCUT2D eigenvalue weighted by molar-refractivity contribution is 0.104. The van der Waals surface area contributed by atoms with E-state index >= 15 is 0 Å². The average molecular weight is 301 g/mol. The summed E-state index contributed by atoms with van der Waals surface area (Å²) in [5, 5.41) is 13.3. The number of aliphatic hydroxyl groups excluding tert-OH is 1. The molecule has 0 saturated carbocycles. The van der Waals surface area contributed by atoms with Gasteiger partial charge in [0.1, 0.15) is 24.2 Å². The first kappa shape index (κ1) is 16.3. The quantitative estimate of drug-likeness (QED) is 0.787. The fourth-order valence-corrected chi connectivity index (χ4v) is 2.10. The predicted octanol–water partition coefficient (Wildman–Crippen LogP) is 2.79. The number of ether oxygens (including phenoxy) is 2. The van der Waals surface area contributed by atoms with Crippen LogP contribution >= 0.6 is 0 Å². The Balaban J connectivity index is 1.72. The van der Waals surface area contributed by atoms with Crippen molar-refractivity contribution in [3.8, 4) is 11.5 Å².